The maximum absolute atomic E-state index is 14.0. The van der Waals surface area contributed by atoms with Gasteiger partial charge in [0.25, 0.3) is 6.43 Å². The molecule has 10 nitrogen and oxygen atoms in total. The first-order chi connectivity index (χ1) is 18.4. The lowest BCUT2D eigenvalue weighted by Gasteiger charge is -2.36. The maximum Gasteiger partial charge on any atom is 0.275 e. The molecular weight excluding hydrogens is 499 g/mol. The smallest absolute Gasteiger partial charge is 0.275 e. The van der Waals surface area contributed by atoms with Crippen LogP contribution in [0.5, 0.6) is 0 Å². The van der Waals surface area contributed by atoms with Crippen molar-refractivity contribution in [3.8, 4) is 11.1 Å². The minimum Gasteiger partial charge on any atom is -0.375 e. The van der Waals surface area contributed by atoms with Gasteiger partial charge in [-0.3, -0.25) is 10.5 Å². The molecule has 4 heterocycles. The van der Waals surface area contributed by atoms with Crippen LogP contribution in [0.25, 0.3) is 11.1 Å². The van der Waals surface area contributed by atoms with Gasteiger partial charge in [0.05, 0.1) is 11.9 Å². The third-order valence-corrected chi connectivity index (χ3v) is 6.48. The Balaban J connectivity index is 1.29. The topological polar surface area (TPSA) is 133 Å². The molecule has 1 aliphatic heterocycles. The van der Waals surface area contributed by atoms with Crippen LogP contribution in [-0.2, 0) is 5.60 Å². The van der Waals surface area contributed by atoms with E-state index in [1.807, 2.05) is 22.1 Å². The van der Waals surface area contributed by atoms with Crippen LogP contribution in [0.15, 0.2) is 66.3 Å². The summed E-state index contributed by atoms with van der Waals surface area (Å²) in [5.41, 5.74) is -0.410. The Labute approximate surface area is 215 Å². The highest BCUT2D eigenvalue weighted by Crippen LogP contribution is 2.35. The maximum atomic E-state index is 14.0. The Kier molecular flexibility index (Phi) is 6.92. The molecular formula is C25H24F3N9O. The Hall–Kier alpha value is -4.52. The van der Waals surface area contributed by atoms with E-state index < -0.39 is 17.8 Å². The lowest BCUT2D eigenvalue weighted by atomic mass is 9.88. The van der Waals surface area contributed by atoms with Crippen molar-refractivity contribution in [1.29, 1.82) is 5.41 Å². The number of hydrogen-bond acceptors (Lipinski definition) is 6. The summed E-state index contributed by atoms with van der Waals surface area (Å²) in [5.74, 6) is 0.350. The molecule has 1 atom stereocenters. The van der Waals surface area contributed by atoms with E-state index in [4.69, 9.17) is 5.41 Å². The van der Waals surface area contributed by atoms with Crippen LogP contribution in [0.1, 0.15) is 16.8 Å². The molecule has 0 spiro atoms. The molecule has 1 aliphatic rings. The number of H-pyrrole nitrogens is 2. The second-order valence-electron chi connectivity index (χ2n) is 8.69. The van der Waals surface area contributed by atoms with Crippen molar-refractivity contribution >= 4 is 18.1 Å². The second-order valence-corrected chi connectivity index (χ2v) is 8.69. The van der Waals surface area contributed by atoms with Crippen LogP contribution < -0.4 is 4.90 Å². The van der Waals surface area contributed by atoms with Gasteiger partial charge in [-0.25, -0.2) is 28.1 Å². The van der Waals surface area contributed by atoms with Crippen LogP contribution in [-0.4, -0.2) is 79.9 Å². The van der Waals surface area contributed by atoms with Gasteiger partial charge in [-0.05, 0) is 23.8 Å². The molecule has 0 amide bonds. The fraction of sp³-hybridized carbons (Fsp3) is 0.240. The monoisotopic (exact) mass is 523 g/mol. The quantitative estimate of drug-likeness (QED) is 0.217. The number of hydrogen-bond donors (Lipinski definition) is 4. The van der Waals surface area contributed by atoms with E-state index in [1.54, 1.807) is 12.4 Å². The standard InChI is InChI=1S/C25H24F3N9O/c26-20-3-1-18(2-4-20)25(38,23(27)28)19-13-31-24(32-14-19)37-7-5-36(6-8-37)22(33-15-29)21-9-16(10-30-21)17-11-34-35-12-17/h1-4,9-15,23,29-30,38H,5-8H2,(H,34,35)/t25-/m0/s1. The molecule has 196 valence electrons. The number of nitrogens with zero attached hydrogens (tertiary/aromatic N) is 6. The molecule has 0 saturated carbocycles. The van der Waals surface area contributed by atoms with Crippen molar-refractivity contribution in [3.63, 3.8) is 0 Å². The Bertz CT molecular complexity index is 1400. The number of rotatable bonds is 7. The molecule has 0 aliphatic carbocycles. The van der Waals surface area contributed by atoms with E-state index in [0.717, 1.165) is 47.4 Å². The summed E-state index contributed by atoms with van der Waals surface area (Å²) in [7, 11) is 0. The first-order valence-corrected chi connectivity index (χ1v) is 11.7. The van der Waals surface area contributed by atoms with E-state index in [-0.39, 0.29) is 11.1 Å². The number of halogens is 3. The molecule has 0 unspecified atom stereocenters. The SMILES string of the molecule is N=CN=C(c1cc(-c2cn[nH]c2)c[nH]1)N1CCN(c2ncc([C@@](O)(c3ccc(F)cc3)C(F)F)cn2)CC1. The van der Waals surface area contributed by atoms with Gasteiger partial charge >= 0.3 is 0 Å². The predicted octanol–water partition coefficient (Wildman–Crippen LogP) is 3.01. The van der Waals surface area contributed by atoms with Gasteiger partial charge in [0.15, 0.2) is 11.4 Å². The molecule has 5 rings (SSSR count). The van der Waals surface area contributed by atoms with E-state index in [0.29, 0.717) is 38.0 Å². The van der Waals surface area contributed by atoms with E-state index >= 15 is 0 Å². The van der Waals surface area contributed by atoms with E-state index in [2.05, 4.69) is 30.1 Å². The number of nitrogens with one attached hydrogen (secondary N) is 3. The molecule has 0 radical (unpaired) electrons. The molecule has 4 N–H and O–H groups in total. The molecule has 4 aromatic rings. The first kappa shape index (κ1) is 25.1. The van der Waals surface area contributed by atoms with Crippen molar-refractivity contribution in [2.75, 3.05) is 31.1 Å². The molecule has 3 aromatic heterocycles. The highest BCUT2D eigenvalue weighted by atomic mass is 19.3. The molecule has 0 bridgehead atoms. The van der Waals surface area contributed by atoms with Crippen LogP contribution in [0.3, 0.4) is 0 Å². The summed E-state index contributed by atoms with van der Waals surface area (Å²) < 4.78 is 41.2. The zero-order valence-corrected chi connectivity index (χ0v) is 20.0. The lowest BCUT2D eigenvalue weighted by molar-refractivity contribution is -0.0722. The first-order valence-electron chi connectivity index (χ1n) is 11.7. The van der Waals surface area contributed by atoms with Crippen molar-refractivity contribution in [2.24, 2.45) is 4.99 Å². The van der Waals surface area contributed by atoms with Gasteiger partial charge in [0.2, 0.25) is 5.95 Å². The number of aliphatic imine (C=N–C) groups is 1. The van der Waals surface area contributed by atoms with Crippen molar-refractivity contribution in [1.82, 2.24) is 30.0 Å². The summed E-state index contributed by atoms with van der Waals surface area (Å²) in [6.45, 7) is 2.13. The number of amidine groups is 1. The molecule has 1 saturated heterocycles. The van der Waals surface area contributed by atoms with Crippen molar-refractivity contribution in [3.05, 3.63) is 84.0 Å². The molecule has 1 fully saturated rings. The minimum absolute atomic E-state index is 0.155. The fourth-order valence-electron chi connectivity index (χ4n) is 4.40. The number of benzene rings is 1. The van der Waals surface area contributed by atoms with Gasteiger partial charge < -0.3 is 19.9 Å². The normalized spacial score (nSPS) is 16.1. The van der Waals surface area contributed by atoms with Crippen molar-refractivity contribution in [2.45, 2.75) is 12.0 Å². The average Bonchev–Trinajstić information content (AvgIpc) is 3.65. The Morgan fingerprint density at radius 3 is 2.34 bits per heavy atom. The van der Waals surface area contributed by atoms with E-state index in [9.17, 15) is 18.3 Å². The minimum atomic E-state index is -3.18. The summed E-state index contributed by atoms with van der Waals surface area (Å²) >= 11 is 0. The molecule has 38 heavy (non-hydrogen) atoms. The van der Waals surface area contributed by atoms with Crippen LogP contribution in [0.4, 0.5) is 19.1 Å². The lowest BCUT2D eigenvalue weighted by Crippen LogP contribution is -2.49. The highest BCUT2D eigenvalue weighted by Gasteiger charge is 2.42. The van der Waals surface area contributed by atoms with Crippen LogP contribution in [0, 0.1) is 11.2 Å². The Morgan fingerprint density at radius 1 is 1.03 bits per heavy atom. The zero-order valence-electron chi connectivity index (χ0n) is 20.0. The number of piperazine rings is 1. The van der Waals surface area contributed by atoms with E-state index in [1.165, 1.54) is 12.4 Å². The van der Waals surface area contributed by atoms with Gasteiger partial charge in [-0.15, -0.1) is 0 Å². The van der Waals surface area contributed by atoms with Crippen molar-refractivity contribution < 1.29 is 18.3 Å². The Morgan fingerprint density at radius 2 is 1.74 bits per heavy atom. The van der Waals surface area contributed by atoms with Gasteiger partial charge in [-0.2, -0.15) is 5.10 Å². The number of aromatic nitrogens is 5. The summed E-state index contributed by atoms with van der Waals surface area (Å²) in [6.07, 6.45) is 5.49. The van der Waals surface area contributed by atoms with Gasteiger partial charge in [0.1, 0.15) is 12.2 Å². The second kappa shape index (κ2) is 10.5. The average molecular weight is 524 g/mol. The van der Waals surface area contributed by atoms with Crippen LogP contribution in [0.2, 0.25) is 0 Å². The van der Waals surface area contributed by atoms with Gasteiger partial charge in [-0.1, -0.05) is 12.1 Å². The fourth-order valence-corrected chi connectivity index (χ4v) is 4.40. The predicted molar refractivity (Wildman–Crippen MR) is 135 cm³/mol. The summed E-state index contributed by atoms with van der Waals surface area (Å²) in [5, 5.41) is 25.1. The number of aromatic amines is 2. The largest absolute Gasteiger partial charge is 0.375 e. The summed E-state index contributed by atoms with van der Waals surface area (Å²) in [4.78, 5) is 19.9. The highest BCUT2D eigenvalue weighted by molar-refractivity contribution is 6.01. The van der Waals surface area contributed by atoms with Crippen LogP contribution >= 0.6 is 0 Å². The molecule has 13 heteroatoms. The zero-order chi connectivity index (χ0) is 26.7. The number of alkyl halides is 2. The number of anilines is 1. The third-order valence-electron chi connectivity index (χ3n) is 6.48. The summed E-state index contributed by atoms with van der Waals surface area (Å²) in [6, 6.07) is 6.19. The number of aliphatic hydroxyl groups is 1. The molecule has 1 aromatic carbocycles. The third kappa shape index (κ3) is 4.75. The van der Waals surface area contributed by atoms with Gasteiger partial charge in [0, 0.05) is 67.7 Å².